The summed E-state index contributed by atoms with van der Waals surface area (Å²) in [5.41, 5.74) is 0.932. The minimum atomic E-state index is 0.121. The van der Waals surface area contributed by atoms with Crippen molar-refractivity contribution in [3.05, 3.63) is 17.7 Å². The molecule has 1 saturated heterocycles. The number of piperidine rings is 1. The normalized spacial score (nSPS) is 15.1. The fourth-order valence-electron chi connectivity index (χ4n) is 2.86. The number of amides is 1. The molecule has 0 unspecified atom stereocenters. The van der Waals surface area contributed by atoms with Crippen LogP contribution in [0.4, 0.5) is 0 Å². The summed E-state index contributed by atoms with van der Waals surface area (Å²) in [6.07, 6.45) is 2.45. The lowest BCUT2D eigenvalue weighted by Gasteiger charge is -2.22. The van der Waals surface area contributed by atoms with Crippen LogP contribution in [-0.4, -0.2) is 46.9 Å². The maximum Gasteiger partial charge on any atom is 0.223 e. The molecule has 1 heterocycles. The lowest BCUT2D eigenvalue weighted by atomic mass is 9.97. The second-order valence-electron chi connectivity index (χ2n) is 5.58. The van der Waals surface area contributed by atoms with Gasteiger partial charge in [0.25, 0.3) is 0 Å². The third-order valence-electron chi connectivity index (χ3n) is 4.20. The smallest absolute Gasteiger partial charge is 0.223 e. The molecule has 23 heavy (non-hydrogen) atoms. The molecule has 1 aromatic carbocycles. The minimum absolute atomic E-state index is 0.121. The van der Waals surface area contributed by atoms with Gasteiger partial charge in [0.05, 0.1) is 21.3 Å². The molecule has 128 valence electrons. The Hall–Kier alpha value is -1.95. The predicted molar refractivity (Wildman–Crippen MR) is 88.4 cm³/mol. The number of benzene rings is 1. The molecule has 0 aliphatic carbocycles. The summed E-state index contributed by atoms with van der Waals surface area (Å²) in [4.78, 5) is 12.2. The summed E-state index contributed by atoms with van der Waals surface area (Å²) in [7, 11) is 4.84. The highest BCUT2D eigenvalue weighted by molar-refractivity contribution is 5.78. The monoisotopic (exact) mass is 322 g/mol. The van der Waals surface area contributed by atoms with E-state index in [0.717, 1.165) is 31.5 Å². The fourth-order valence-corrected chi connectivity index (χ4v) is 2.86. The van der Waals surface area contributed by atoms with Crippen molar-refractivity contribution in [3.63, 3.8) is 0 Å². The Morgan fingerprint density at radius 2 is 1.74 bits per heavy atom. The Labute approximate surface area is 137 Å². The number of carbonyl (C=O) groups is 1. The fraction of sp³-hybridized carbons (Fsp3) is 0.588. The molecule has 1 aliphatic heterocycles. The van der Waals surface area contributed by atoms with E-state index in [9.17, 15) is 4.79 Å². The number of carbonyl (C=O) groups excluding carboxylic acids is 1. The SMILES string of the molecule is COc1cc(OC)c(CCNC(=O)C2CCNCC2)c(OC)c1. The van der Waals surface area contributed by atoms with Crippen LogP contribution in [0.2, 0.25) is 0 Å². The van der Waals surface area contributed by atoms with Gasteiger partial charge in [-0.25, -0.2) is 0 Å². The molecule has 6 heteroatoms. The summed E-state index contributed by atoms with van der Waals surface area (Å²) in [6, 6.07) is 3.65. The Morgan fingerprint density at radius 1 is 1.13 bits per heavy atom. The summed E-state index contributed by atoms with van der Waals surface area (Å²) in [5, 5.41) is 6.29. The van der Waals surface area contributed by atoms with E-state index in [-0.39, 0.29) is 11.8 Å². The van der Waals surface area contributed by atoms with Crippen LogP contribution in [0.3, 0.4) is 0 Å². The van der Waals surface area contributed by atoms with Gasteiger partial charge in [-0.3, -0.25) is 4.79 Å². The van der Waals surface area contributed by atoms with Crippen molar-refractivity contribution in [2.75, 3.05) is 41.0 Å². The Morgan fingerprint density at radius 3 is 2.26 bits per heavy atom. The van der Waals surface area contributed by atoms with Crippen molar-refractivity contribution in [1.82, 2.24) is 10.6 Å². The molecule has 0 bridgehead atoms. The van der Waals surface area contributed by atoms with Crippen molar-refractivity contribution in [3.8, 4) is 17.2 Å². The average Bonchev–Trinajstić information content (AvgIpc) is 2.62. The molecule has 0 saturated carbocycles. The van der Waals surface area contributed by atoms with E-state index in [0.29, 0.717) is 30.2 Å². The van der Waals surface area contributed by atoms with Crippen LogP contribution in [0.5, 0.6) is 17.2 Å². The molecule has 1 aromatic rings. The molecule has 1 aliphatic rings. The van der Waals surface area contributed by atoms with E-state index >= 15 is 0 Å². The standard InChI is InChI=1S/C17H26N2O4/c1-21-13-10-15(22-2)14(16(11-13)23-3)6-9-19-17(20)12-4-7-18-8-5-12/h10-12,18H,4-9H2,1-3H3,(H,19,20). The van der Waals surface area contributed by atoms with Crippen LogP contribution < -0.4 is 24.8 Å². The molecule has 6 nitrogen and oxygen atoms in total. The predicted octanol–water partition coefficient (Wildman–Crippen LogP) is 1.37. The van der Waals surface area contributed by atoms with Gasteiger partial charge in [-0.05, 0) is 32.4 Å². The highest BCUT2D eigenvalue weighted by atomic mass is 16.5. The van der Waals surface area contributed by atoms with Crippen LogP contribution in [0.15, 0.2) is 12.1 Å². The molecule has 0 radical (unpaired) electrons. The summed E-state index contributed by atoms with van der Waals surface area (Å²) < 4.78 is 16.1. The zero-order valence-electron chi connectivity index (χ0n) is 14.1. The van der Waals surface area contributed by atoms with Crippen molar-refractivity contribution >= 4 is 5.91 Å². The molecular formula is C17H26N2O4. The average molecular weight is 322 g/mol. The van der Waals surface area contributed by atoms with Crippen molar-refractivity contribution in [2.45, 2.75) is 19.3 Å². The molecule has 0 atom stereocenters. The Kier molecular flexibility index (Phi) is 6.52. The molecule has 0 spiro atoms. The van der Waals surface area contributed by atoms with Crippen LogP contribution in [0.25, 0.3) is 0 Å². The number of nitrogens with one attached hydrogen (secondary N) is 2. The Bertz CT molecular complexity index is 502. The van der Waals surface area contributed by atoms with Gasteiger partial charge in [-0.1, -0.05) is 0 Å². The quantitative estimate of drug-likeness (QED) is 0.793. The van der Waals surface area contributed by atoms with E-state index in [1.54, 1.807) is 21.3 Å². The first-order chi connectivity index (χ1) is 11.2. The van der Waals surface area contributed by atoms with E-state index in [4.69, 9.17) is 14.2 Å². The second-order valence-corrected chi connectivity index (χ2v) is 5.58. The molecule has 2 N–H and O–H groups in total. The number of hydrogen-bond donors (Lipinski definition) is 2. The zero-order chi connectivity index (χ0) is 16.7. The topological polar surface area (TPSA) is 68.8 Å². The van der Waals surface area contributed by atoms with Crippen LogP contribution in [0, 0.1) is 5.92 Å². The molecular weight excluding hydrogens is 296 g/mol. The van der Waals surface area contributed by atoms with Gasteiger partial charge >= 0.3 is 0 Å². The number of methoxy groups -OCH3 is 3. The second kappa shape index (κ2) is 8.62. The lowest BCUT2D eigenvalue weighted by molar-refractivity contribution is -0.125. The lowest BCUT2D eigenvalue weighted by Crippen LogP contribution is -2.38. The number of hydrogen-bond acceptors (Lipinski definition) is 5. The third-order valence-corrected chi connectivity index (χ3v) is 4.20. The molecule has 1 amide bonds. The first-order valence-corrected chi connectivity index (χ1v) is 7.97. The van der Waals surface area contributed by atoms with E-state index in [1.165, 1.54) is 0 Å². The van der Waals surface area contributed by atoms with E-state index in [2.05, 4.69) is 10.6 Å². The van der Waals surface area contributed by atoms with Gasteiger partial charge in [0, 0.05) is 30.2 Å². The van der Waals surface area contributed by atoms with Gasteiger partial charge in [0.15, 0.2) is 0 Å². The van der Waals surface area contributed by atoms with Crippen LogP contribution in [-0.2, 0) is 11.2 Å². The van der Waals surface area contributed by atoms with Crippen LogP contribution in [0.1, 0.15) is 18.4 Å². The maximum atomic E-state index is 12.2. The van der Waals surface area contributed by atoms with Gasteiger partial charge in [0.1, 0.15) is 17.2 Å². The molecule has 2 rings (SSSR count). The van der Waals surface area contributed by atoms with Gasteiger partial charge in [0.2, 0.25) is 5.91 Å². The number of ether oxygens (including phenoxy) is 3. The number of rotatable bonds is 7. The van der Waals surface area contributed by atoms with Gasteiger partial charge in [-0.2, -0.15) is 0 Å². The first-order valence-electron chi connectivity index (χ1n) is 7.97. The highest BCUT2D eigenvalue weighted by Gasteiger charge is 2.21. The van der Waals surface area contributed by atoms with Crippen molar-refractivity contribution in [1.29, 1.82) is 0 Å². The molecule has 0 aromatic heterocycles. The minimum Gasteiger partial charge on any atom is -0.496 e. The van der Waals surface area contributed by atoms with Gasteiger partial charge < -0.3 is 24.8 Å². The van der Waals surface area contributed by atoms with E-state index < -0.39 is 0 Å². The van der Waals surface area contributed by atoms with Crippen LogP contribution >= 0.6 is 0 Å². The first kappa shape index (κ1) is 17.4. The van der Waals surface area contributed by atoms with Crippen molar-refractivity contribution < 1.29 is 19.0 Å². The summed E-state index contributed by atoms with van der Waals surface area (Å²) in [5.74, 6) is 2.35. The maximum absolute atomic E-state index is 12.2. The third kappa shape index (κ3) is 4.51. The van der Waals surface area contributed by atoms with E-state index in [1.807, 2.05) is 12.1 Å². The zero-order valence-corrected chi connectivity index (χ0v) is 14.1. The highest BCUT2D eigenvalue weighted by Crippen LogP contribution is 2.34. The summed E-state index contributed by atoms with van der Waals surface area (Å²) >= 11 is 0. The van der Waals surface area contributed by atoms with Crippen molar-refractivity contribution in [2.24, 2.45) is 5.92 Å². The summed E-state index contributed by atoms with van der Waals surface area (Å²) in [6.45, 7) is 2.39. The molecule has 1 fully saturated rings. The van der Waals surface area contributed by atoms with Gasteiger partial charge in [-0.15, -0.1) is 0 Å². The largest absolute Gasteiger partial charge is 0.496 e. The Balaban J connectivity index is 1.97.